The average Bonchev–Trinajstić information content (AvgIpc) is 2.64. The number of carbonyl (C=O) groups is 1. The zero-order valence-electron chi connectivity index (χ0n) is 9.15. The quantitative estimate of drug-likeness (QED) is 0.714. The Morgan fingerprint density at radius 3 is 2.80 bits per heavy atom. The lowest BCUT2D eigenvalue weighted by Gasteiger charge is -2.09. The monoisotopic (exact) mass is 212 g/mol. The Labute approximate surface area is 88.2 Å². The zero-order chi connectivity index (χ0) is 11.4. The van der Waals surface area contributed by atoms with Gasteiger partial charge in [-0.25, -0.2) is 9.78 Å². The van der Waals surface area contributed by atoms with E-state index in [-0.39, 0.29) is 11.9 Å². The van der Waals surface area contributed by atoms with Crippen LogP contribution < -0.4 is 5.73 Å². The van der Waals surface area contributed by atoms with Crippen molar-refractivity contribution in [2.24, 2.45) is 11.7 Å². The van der Waals surface area contributed by atoms with Crippen LogP contribution in [0, 0.1) is 5.92 Å². The van der Waals surface area contributed by atoms with Gasteiger partial charge in [-0.3, -0.25) is 5.10 Å². The van der Waals surface area contributed by atoms with E-state index in [1.54, 1.807) is 0 Å². The number of aromatic amines is 1. The lowest BCUT2D eigenvalue weighted by Crippen LogP contribution is -2.14. The van der Waals surface area contributed by atoms with Crippen molar-refractivity contribution in [1.29, 1.82) is 0 Å². The lowest BCUT2D eigenvalue weighted by atomic mass is 10.0. The van der Waals surface area contributed by atoms with Crippen molar-refractivity contribution in [3.05, 3.63) is 11.6 Å². The molecule has 84 valence electrons. The van der Waals surface area contributed by atoms with Crippen LogP contribution in [0.5, 0.6) is 0 Å². The van der Waals surface area contributed by atoms with Gasteiger partial charge in [-0.2, -0.15) is 0 Å². The molecule has 0 fully saturated rings. The Morgan fingerprint density at radius 1 is 1.60 bits per heavy atom. The highest BCUT2D eigenvalue weighted by Crippen LogP contribution is 2.14. The molecule has 1 atom stereocenters. The van der Waals surface area contributed by atoms with E-state index in [1.165, 1.54) is 7.11 Å². The number of nitrogens with two attached hydrogens (primary N) is 1. The summed E-state index contributed by atoms with van der Waals surface area (Å²) in [4.78, 5) is 15.0. The molecular weight excluding hydrogens is 196 g/mol. The Bertz CT molecular complexity index is 335. The summed E-state index contributed by atoms with van der Waals surface area (Å²) >= 11 is 0. The molecule has 0 aliphatic carbocycles. The van der Waals surface area contributed by atoms with Gasteiger partial charge >= 0.3 is 5.97 Å². The third-order valence-electron chi connectivity index (χ3n) is 1.95. The molecule has 0 amide bonds. The maximum atomic E-state index is 11.1. The summed E-state index contributed by atoms with van der Waals surface area (Å²) < 4.78 is 4.49. The van der Waals surface area contributed by atoms with E-state index in [4.69, 9.17) is 5.73 Å². The number of carbonyl (C=O) groups excluding carboxylic acids is 1. The normalized spacial score (nSPS) is 12.9. The Kier molecular flexibility index (Phi) is 3.79. The van der Waals surface area contributed by atoms with Crippen LogP contribution in [-0.2, 0) is 4.74 Å². The molecular formula is C9H16N4O2. The molecule has 3 N–H and O–H groups in total. The minimum absolute atomic E-state index is 0.0201. The highest BCUT2D eigenvalue weighted by molar-refractivity contribution is 5.84. The Hall–Kier alpha value is -1.43. The van der Waals surface area contributed by atoms with Crippen LogP contribution in [-0.4, -0.2) is 28.3 Å². The van der Waals surface area contributed by atoms with Crippen LogP contribution >= 0.6 is 0 Å². The minimum Gasteiger partial charge on any atom is -0.463 e. The molecule has 0 saturated heterocycles. The summed E-state index contributed by atoms with van der Waals surface area (Å²) in [5.41, 5.74) is 5.86. The number of esters is 1. The smallest absolute Gasteiger partial charge is 0.377 e. The van der Waals surface area contributed by atoms with E-state index in [9.17, 15) is 4.79 Å². The fourth-order valence-corrected chi connectivity index (χ4v) is 1.24. The van der Waals surface area contributed by atoms with E-state index in [0.717, 1.165) is 6.42 Å². The fraction of sp³-hybridized carbons (Fsp3) is 0.667. The van der Waals surface area contributed by atoms with Crippen LogP contribution in [0.1, 0.15) is 42.8 Å². The van der Waals surface area contributed by atoms with Gasteiger partial charge in [-0.1, -0.05) is 13.8 Å². The second-order valence-electron chi connectivity index (χ2n) is 3.77. The number of H-pyrrole nitrogens is 1. The molecule has 1 heterocycles. The number of aromatic nitrogens is 3. The van der Waals surface area contributed by atoms with Crippen LogP contribution in [0.25, 0.3) is 0 Å². The number of methoxy groups -OCH3 is 1. The molecule has 0 aliphatic rings. The van der Waals surface area contributed by atoms with E-state index >= 15 is 0 Å². The van der Waals surface area contributed by atoms with Gasteiger partial charge in [0.2, 0.25) is 0 Å². The van der Waals surface area contributed by atoms with Gasteiger partial charge in [-0.15, -0.1) is 5.10 Å². The maximum absolute atomic E-state index is 11.1. The summed E-state index contributed by atoms with van der Waals surface area (Å²) in [7, 11) is 1.28. The number of hydrogen-bond acceptors (Lipinski definition) is 5. The number of rotatable bonds is 4. The average molecular weight is 212 g/mol. The van der Waals surface area contributed by atoms with Crippen LogP contribution in [0.2, 0.25) is 0 Å². The highest BCUT2D eigenvalue weighted by atomic mass is 16.5. The molecule has 0 aromatic carbocycles. The molecule has 6 heteroatoms. The summed E-state index contributed by atoms with van der Waals surface area (Å²) in [5.74, 6) is 0.441. The van der Waals surface area contributed by atoms with Crippen molar-refractivity contribution >= 4 is 5.97 Å². The number of hydrogen-bond donors (Lipinski definition) is 2. The van der Waals surface area contributed by atoms with Gasteiger partial charge in [-0.05, 0) is 12.3 Å². The van der Waals surface area contributed by atoms with Crippen LogP contribution in [0.15, 0.2) is 0 Å². The number of nitrogens with zero attached hydrogens (tertiary/aromatic N) is 2. The molecule has 15 heavy (non-hydrogen) atoms. The Balaban J connectivity index is 2.71. The van der Waals surface area contributed by atoms with E-state index in [0.29, 0.717) is 11.7 Å². The first-order chi connectivity index (χ1) is 7.04. The van der Waals surface area contributed by atoms with Gasteiger partial charge in [0.15, 0.2) is 0 Å². The van der Waals surface area contributed by atoms with Gasteiger partial charge in [0.25, 0.3) is 5.82 Å². The molecule has 1 unspecified atom stereocenters. The molecule has 0 aliphatic heterocycles. The minimum atomic E-state index is -0.561. The molecule has 6 nitrogen and oxygen atoms in total. The van der Waals surface area contributed by atoms with E-state index < -0.39 is 5.97 Å². The second-order valence-corrected chi connectivity index (χ2v) is 3.77. The van der Waals surface area contributed by atoms with Crippen LogP contribution in [0.3, 0.4) is 0 Å². The molecule has 1 aromatic heterocycles. The first-order valence-corrected chi connectivity index (χ1v) is 4.80. The fourth-order valence-electron chi connectivity index (χ4n) is 1.24. The summed E-state index contributed by atoms with van der Waals surface area (Å²) in [6, 6.07) is -0.226. The van der Waals surface area contributed by atoms with Crippen LogP contribution in [0.4, 0.5) is 0 Å². The first-order valence-electron chi connectivity index (χ1n) is 4.80. The van der Waals surface area contributed by atoms with Gasteiger partial charge < -0.3 is 10.5 Å². The van der Waals surface area contributed by atoms with E-state index in [1.807, 2.05) is 0 Å². The molecule has 0 bridgehead atoms. The second kappa shape index (κ2) is 4.88. The zero-order valence-corrected chi connectivity index (χ0v) is 9.15. The summed E-state index contributed by atoms with van der Waals surface area (Å²) in [6.07, 6.45) is 0.788. The molecule has 0 saturated carbocycles. The molecule has 0 spiro atoms. The number of nitrogens with one attached hydrogen (secondary N) is 1. The lowest BCUT2D eigenvalue weighted by molar-refractivity contribution is 0.0587. The van der Waals surface area contributed by atoms with Gasteiger partial charge in [0.1, 0.15) is 5.82 Å². The molecule has 1 aromatic rings. The van der Waals surface area contributed by atoms with Crippen molar-refractivity contribution in [3.8, 4) is 0 Å². The van der Waals surface area contributed by atoms with Gasteiger partial charge in [0.05, 0.1) is 13.2 Å². The maximum Gasteiger partial charge on any atom is 0.377 e. The number of ether oxygens (including phenoxy) is 1. The van der Waals surface area contributed by atoms with Crippen molar-refractivity contribution in [3.63, 3.8) is 0 Å². The van der Waals surface area contributed by atoms with E-state index in [2.05, 4.69) is 33.8 Å². The summed E-state index contributed by atoms with van der Waals surface area (Å²) in [6.45, 7) is 4.13. The van der Waals surface area contributed by atoms with Crippen molar-refractivity contribution in [2.45, 2.75) is 26.3 Å². The predicted octanol–water partition coefficient (Wildman–Crippen LogP) is 0.637. The standard InChI is InChI=1S/C9H16N4O2/c1-5(2)4-6(10)7-11-8(13-12-7)9(14)15-3/h5-6H,4,10H2,1-3H3,(H,11,12,13). The predicted molar refractivity (Wildman–Crippen MR) is 54.1 cm³/mol. The third-order valence-corrected chi connectivity index (χ3v) is 1.95. The largest absolute Gasteiger partial charge is 0.463 e. The summed E-state index contributed by atoms with van der Waals surface area (Å²) in [5, 5.41) is 6.36. The molecule has 0 radical (unpaired) electrons. The highest BCUT2D eigenvalue weighted by Gasteiger charge is 2.17. The van der Waals surface area contributed by atoms with Crippen molar-refractivity contribution in [2.75, 3.05) is 7.11 Å². The third kappa shape index (κ3) is 3.02. The van der Waals surface area contributed by atoms with Gasteiger partial charge in [0, 0.05) is 0 Å². The topological polar surface area (TPSA) is 93.9 Å². The molecule has 1 rings (SSSR count). The SMILES string of the molecule is COC(=O)c1n[nH]c(C(N)CC(C)C)n1. The van der Waals surface area contributed by atoms with Crippen molar-refractivity contribution in [1.82, 2.24) is 15.2 Å². The Morgan fingerprint density at radius 2 is 2.27 bits per heavy atom. The van der Waals surface area contributed by atoms with Crippen molar-refractivity contribution < 1.29 is 9.53 Å². The first kappa shape index (κ1) is 11.6.